The van der Waals surface area contributed by atoms with E-state index in [1.807, 2.05) is 35.3 Å². The van der Waals surface area contributed by atoms with Gasteiger partial charge in [0, 0.05) is 29.8 Å². The molecule has 3 rings (SSSR count). The van der Waals surface area contributed by atoms with Crippen molar-refractivity contribution in [2.24, 2.45) is 0 Å². The molecule has 0 unspecified atom stereocenters. The first-order valence-corrected chi connectivity index (χ1v) is 6.14. The largest absolute Gasteiger partial charge is 0.382 e. The van der Waals surface area contributed by atoms with E-state index in [0.717, 1.165) is 29.0 Å². The molecule has 0 aliphatic heterocycles. The van der Waals surface area contributed by atoms with E-state index < -0.39 is 0 Å². The topological polar surface area (TPSA) is 48.8 Å². The third-order valence-electron chi connectivity index (χ3n) is 2.97. The Morgan fingerprint density at radius 2 is 2.00 bits per heavy atom. The minimum Gasteiger partial charge on any atom is -0.382 e. The van der Waals surface area contributed by atoms with Crippen LogP contribution in [-0.4, -0.2) is 14.3 Å². The lowest BCUT2D eigenvalue weighted by Crippen LogP contribution is -2.07. The van der Waals surface area contributed by atoms with E-state index in [4.69, 9.17) is 17.3 Å². The second-order valence-electron chi connectivity index (χ2n) is 4.19. The van der Waals surface area contributed by atoms with E-state index in [9.17, 15) is 0 Å². The number of hydrogen-bond acceptors (Lipinski definition) is 2. The number of nitrogens with zero attached hydrogens (tertiary/aromatic N) is 3. The van der Waals surface area contributed by atoms with Crippen LogP contribution in [0.15, 0.2) is 42.7 Å². The first kappa shape index (κ1) is 11.2. The van der Waals surface area contributed by atoms with Crippen LogP contribution in [0.25, 0.3) is 10.9 Å². The number of fused-ring (bicyclic) bond motifs is 1. The van der Waals surface area contributed by atoms with Crippen molar-refractivity contribution in [2.75, 3.05) is 5.73 Å². The number of para-hydroxylation sites is 1. The number of halogens is 1. The lowest BCUT2D eigenvalue weighted by atomic mass is 10.2. The number of benzene rings is 1. The molecule has 0 saturated heterocycles. The van der Waals surface area contributed by atoms with Gasteiger partial charge in [-0.25, -0.2) is 0 Å². The van der Waals surface area contributed by atoms with Gasteiger partial charge in [0.05, 0.1) is 11.6 Å². The molecule has 18 heavy (non-hydrogen) atoms. The number of nitrogen functional groups attached to an aromatic ring is 1. The van der Waals surface area contributed by atoms with Crippen LogP contribution in [-0.2, 0) is 13.1 Å². The number of anilines is 1. The van der Waals surface area contributed by atoms with Gasteiger partial charge in [0.25, 0.3) is 0 Å². The molecule has 0 aliphatic carbocycles. The fourth-order valence-corrected chi connectivity index (χ4v) is 2.38. The van der Waals surface area contributed by atoms with Crippen molar-refractivity contribution in [1.82, 2.24) is 14.3 Å². The molecule has 0 radical (unpaired) electrons. The molecule has 0 spiro atoms. The molecule has 0 saturated carbocycles. The van der Waals surface area contributed by atoms with Crippen molar-refractivity contribution in [1.29, 1.82) is 0 Å². The van der Waals surface area contributed by atoms with Crippen molar-refractivity contribution in [3.63, 3.8) is 0 Å². The van der Waals surface area contributed by atoms with Crippen molar-refractivity contribution >= 4 is 28.3 Å². The minimum absolute atomic E-state index is 0.547. The normalized spacial score (nSPS) is 11.2. The van der Waals surface area contributed by atoms with Crippen LogP contribution in [0.5, 0.6) is 0 Å². The van der Waals surface area contributed by atoms with E-state index in [1.165, 1.54) is 0 Å². The third-order valence-corrected chi connectivity index (χ3v) is 3.27. The van der Waals surface area contributed by atoms with Gasteiger partial charge in [-0.2, -0.15) is 5.10 Å². The molecule has 0 atom stereocenters. The summed E-state index contributed by atoms with van der Waals surface area (Å²) in [5.74, 6) is 0.547. The summed E-state index contributed by atoms with van der Waals surface area (Å²) in [6, 6.07) is 9.90. The van der Waals surface area contributed by atoms with E-state index in [2.05, 4.69) is 15.7 Å². The Hall–Kier alpha value is -1.94. The van der Waals surface area contributed by atoms with Gasteiger partial charge in [0.15, 0.2) is 0 Å². The molecule has 3 aromatic rings. The Balaban J connectivity index is 1.86. The number of aromatic nitrogens is 3. The Kier molecular flexibility index (Phi) is 2.72. The second kappa shape index (κ2) is 4.38. The zero-order valence-corrected chi connectivity index (χ0v) is 10.5. The first-order valence-electron chi connectivity index (χ1n) is 5.76. The van der Waals surface area contributed by atoms with Crippen LogP contribution in [0.4, 0.5) is 5.82 Å². The Morgan fingerprint density at radius 1 is 1.17 bits per heavy atom. The van der Waals surface area contributed by atoms with E-state index in [0.29, 0.717) is 5.82 Å². The van der Waals surface area contributed by atoms with Gasteiger partial charge < -0.3 is 10.3 Å². The van der Waals surface area contributed by atoms with Gasteiger partial charge in [-0.3, -0.25) is 4.68 Å². The fraction of sp³-hybridized carbons (Fsp3) is 0.154. The number of nitrogens with two attached hydrogens (primary N) is 1. The summed E-state index contributed by atoms with van der Waals surface area (Å²) in [4.78, 5) is 0. The summed E-state index contributed by atoms with van der Waals surface area (Å²) >= 11 is 6.20. The molecule has 0 fully saturated rings. The number of aryl methyl sites for hydroxylation is 2. The molecule has 0 aliphatic rings. The molecule has 0 amide bonds. The molecule has 92 valence electrons. The lowest BCUT2D eigenvalue weighted by molar-refractivity contribution is 0.544. The standard InChI is InChI=1S/C13H13ClN4/c14-11-9-17(12-4-2-1-3-10(11)12)7-8-18-6-5-13(15)16-18/h1-6,9H,7-8H2,(H2,15,16). The molecule has 2 heterocycles. The summed E-state index contributed by atoms with van der Waals surface area (Å²) in [6.45, 7) is 1.58. The van der Waals surface area contributed by atoms with Gasteiger partial charge in [0.2, 0.25) is 0 Å². The molecular weight excluding hydrogens is 248 g/mol. The SMILES string of the molecule is Nc1ccn(CCn2cc(Cl)c3ccccc32)n1. The van der Waals surface area contributed by atoms with Crippen LogP contribution in [0.3, 0.4) is 0 Å². The van der Waals surface area contributed by atoms with E-state index in [1.54, 1.807) is 6.07 Å². The van der Waals surface area contributed by atoms with Gasteiger partial charge >= 0.3 is 0 Å². The average molecular weight is 261 g/mol. The number of hydrogen-bond donors (Lipinski definition) is 1. The molecular formula is C13H13ClN4. The summed E-state index contributed by atoms with van der Waals surface area (Å²) in [5, 5.41) is 6.03. The van der Waals surface area contributed by atoms with Crippen LogP contribution in [0.2, 0.25) is 5.02 Å². The van der Waals surface area contributed by atoms with Crippen molar-refractivity contribution in [3.05, 3.63) is 47.7 Å². The van der Waals surface area contributed by atoms with Crippen LogP contribution in [0.1, 0.15) is 0 Å². The maximum absolute atomic E-state index is 6.20. The predicted molar refractivity (Wildman–Crippen MR) is 73.6 cm³/mol. The predicted octanol–water partition coefficient (Wildman–Crippen LogP) is 2.77. The van der Waals surface area contributed by atoms with Crippen LogP contribution in [0, 0.1) is 0 Å². The summed E-state index contributed by atoms with van der Waals surface area (Å²) in [5.41, 5.74) is 6.72. The highest BCUT2D eigenvalue weighted by Crippen LogP contribution is 2.25. The third kappa shape index (κ3) is 1.95. The fourth-order valence-electron chi connectivity index (χ4n) is 2.10. The Morgan fingerprint density at radius 3 is 2.78 bits per heavy atom. The Labute approximate surface area is 110 Å². The second-order valence-corrected chi connectivity index (χ2v) is 4.60. The zero-order valence-electron chi connectivity index (χ0n) is 9.75. The van der Waals surface area contributed by atoms with Crippen LogP contribution < -0.4 is 5.73 Å². The molecule has 2 N–H and O–H groups in total. The minimum atomic E-state index is 0.547. The smallest absolute Gasteiger partial charge is 0.145 e. The maximum atomic E-state index is 6.20. The summed E-state index contributed by atoms with van der Waals surface area (Å²) in [6.07, 6.45) is 3.84. The Bertz CT molecular complexity index is 683. The monoisotopic (exact) mass is 260 g/mol. The summed E-state index contributed by atoms with van der Waals surface area (Å²) in [7, 11) is 0. The van der Waals surface area contributed by atoms with Crippen molar-refractivity contribution < 1.29 is 0 Å². The quantitative estimate of drug-likeness (QED) is 0.787. The molecule has 1 aromatic carbocycles. The van der Waals surface area contributed by atoms with Gasteiger partial charge in [-0.1, -0.05) is 29.8 Å². The zero-order chi connectivity index (χ0) is 12.5. The highest BCUT2D eigenvalue weighted by atomic mass is 35.5. The van der Waals surface area contributed by atoms with E-state index >= 15 is 0 Å². The lowest BCUT2D eigenvalue weighted by Gasteiger charge is -2.05. The molecule has 0 bridgehead atoms. The van der Waals surface area contributed by atoms with Crippen molar-refractivity contribution in [3.8, 4) is 0 Å². The first-order chi connectivity index (χ1) is 8.74. The molecule has 2 aromatic heterocycles. The highest BCUT2D eigenvalue weighted by Gasteiger charge is 2.05. The molecule has 4 nitrogen and oxygen atoms in total. The van der Waals surface area contributed by atoms with E-state index in [-0.39, 0.29) is 0 Å². The average Bonchev–Trinajstić information content (AvgIpc) is 2.92. The van der Waals surface area contributed by atoms with Crippen molar-refractivity contribution in [2.45, 2.75) is 13.1 Å². The van der Waals surface area contributed by atoms with Gasteiger partial charge in [0.1, 0.15) is 5.82 Å². The summed E-state index contributed by atoms with van der Waals surface area (Å²) < 4.78 is 3.97. The highest BCUT2D eigenvalue weighted by molar-refractivity contribution is 6.35. The molecule has 5 heteroatoms. The number of rotatable bonds is 3. The van der Waals surface area contributed by atoms with Gasteiger partial charge in [-0.05, 0) is 12.1 Å². The van der Waals surface area contributed by atoms with Crippen LogP contribution >= 0.6 is 11.6 Å². The maximum Gasteiger partial charge on any atom is 0.145 e. The van der Waals surface area contributed by atoms with Gasteiger partial charge in [-0.15, -0.1) is 0 Å².